The summed E-state index contributed by atoms with van der Waals surface area (Å²) in [6.45, 7) is 19.2. The molecule has 0 bridgehead atoms. The van der Waals surface area contributed by atoms with Gasteiger partial charge in [-0.1, -0.05) is 24.6 Å². The number of rotatable bonds is 5. The van der Waals surface area contributed by atoms with Crippen molar-refractivity contribution < 1.29 is 0 Å². The lowest BCUT2D eigenvalue weighted by Crippen LogP contribution is -2.46. The predicted molar refractivity (Wildman–Crippen MR) is 70.2 cm³/mol. The summed E-state index contributed by atoms with van der Waals surface area (Å²) in [5.41, 5.74) is 2.71. The van der Waals surface area contributed by atoms with Crippen molar-refractivity contribution in [1.29, 1.82) is 0 Å². The van der Waals surface area contributed by atoms with Crippen LogP contribution in [0.4, 0.5) is 0 Å². The van der Waals surface area contributed by atoms with E-state index in [0.717, 1.165) is 12.8 Å². The van der Waals surface area contributed by atoms with E-state index >= 15 is 0 Å². The Morgan fingerprint density at radius 1 is 1.27 bits per heavy atom. The zero-order valence-electron chi connectivity index (χ0n) is 11.4. The van der Waals surface area contributed by atoms with Crippen molar-refractivity contribution >= 4 is 0 Å². The number of nitrogens with zero attached hydrogens (tertiary/aromatic N) is 1. The molecule has 0 heterocycles. The standard InChI is InChI=1S/C14H27N/c1-9-12(4)13(10-11(2)3)15(8)14(5,6)7/h13H,2,4,9-10H2,1,3,5-8H3. The molecule has 0 radical (unpaired) electrons. The highest BCUT2D eigenvalue weighted by Crippen LogP contribution is 2.24. The average Bonchev–Trinajstić information content (AvgIpc) is 2.10. The first-order chi connectivity index (χ1) is 6.70. The van der Waals surface area contributed by atoms with Crippen molar-refractivity contribution in [2.45, 2.75) is 59.0 Å². The van der Waals surface area contributed by atoms with Crippen molar-refractivity contribution in [3.8, 4) is 0 Å². The topological polar surface area (TPSA) is 3.24 Å². The minimum atomic E-state index is 0.179. The summed E-state index contributed by atoms with van der Waals surface area (Å²) >= 11 is 0. The Kier molecular flexibility index (Phi) is 5.30. The minimum absolute atomic E-state index is 0.179. The molecule has 88 valence electrons. The summed E-state index contributed by atoms with van der Waals surface area (Å²) in [6, 6.07) is 0.424. The van der Waals surface area contributed by atoms with Gasteiger partial charge in [-0.05, 0) is 47.6 Å². The van der Waals surface area contributed by atoms with E-state index in [9.17, 15) is 0 Å². The van der Waals surface area contributed by atoms with Crippen LogP contribution in [0.3, 0.4) is 0 Å². The molecule has 0 spiro atoms. The molecule has 1 unspecified atom stereocenters. The fourth-order valence-electron chi connectivity index (χ4n) is 1.59. The van der Waals surface area contributed by atoms with Crippen LogP contribution in [0.15, 0.2) is 24.3 Å². The Labute approximate surface area is 95.9 Å². The first-order valence-corrected chi connectivity index (χ1v) is 5.75. The SMILES string of the molecule is C=C(C)CC(C(=C)CC)N(C)C(C)(C)C. The third-order valence-electron chi connectivity index (χ3n) is 2.99. The Balaban J connectivity index is 4.78. The second-order valence-electron chi connectivity index (χ2n) is 5.47. The van der Waals surface area contributed by atoms with Gasteiger partial charge in [-0.3, -0.25) is 4.90 Å². The molecule has 0 aromatic heterocycles. The monoisotopic (exact) mass is 209 g/mol. The molecule has 0 aliphatic carbocycles. The molecule has 0 aliphatic rings. The predicted octanol–water partition coefficient (Wildman–Crippen LogP) is 4.02. The van der Waals surface area contributed by atoms with Crippen LogP contribution in [-0.2, 0) is 0 Å². The normalized spacial score (nSPS) is 14.1. The molecule has 0 aliphatic heterocycles. The first-order valence-electron chi connectivity index (χ1n) is 5.75. The molecular weight excluding hydrogens is 182 g/mol. The summed E-state index contributed by atoms with van der Waals surface area (Å²) in [5.74, 6) is 0. The van der Waals surface area contributed by atoms with Gasteiger partial charge < -0.3 is 0 Å². The third kappa shape index (κ3) is 4.65. The molecule has 0 saturated carbocycles. The van der Waals surface area contributed by atoms with Crippen molar-refractivity contribution in [2.24, 2.45) is 0 Å². The van der Waals surface area contributed by atoms with E-state index in [2.05, 4.69) is 59.7 Å². The molecule has 0 saturated heterocycles. The number of hydrogen-bond acceptors (Lipinski definition) is 1. The van der Waals surface area contributed by atoms with Gasteiger partial charge in [0.15, 0.2) is 0 Å². The Hall–Kier alpha value is -0.560. The summed E-state index contributed by atoms with van der Waals surface area (Å²) < 4.78 is 0. The first kappa shape index (κ1) is 14.4. The number of hydrogen-bond donors (Lipinski definition) is 0. The van der Waals surface area contributed by atoms with Gasteiger partial charge in [0.05, 0.1) is 0 Å². The Morgan fingerprint density at radius 3 is 2.00 bits per heavy atom. The maximum absolute atomic E-state index is 4.18. The van der Waals surface area contributed by atoms with E-state index in [0.29, 0.717) is 6.04 Å². The highest BCUT2D eigenvalue weighted by atomic mass is 15.2. The average molecular weight is 209 g/mol. The zero-order chi connectivity index (χ0) is 12.2. The van der Waals surface area contributed by atoms with E-state index in [4.69, 9.17) is 0 Å². The van der Waals surface area contributed by atoms with Gasteiger partial charge in [0.25, 0.3) is 0 Å². The van der Waals surface area contributed by atoms with Crippen LogP contribution in [-0.4, -0.2) is 23.5 Å². The van der Waals surface area contributed by atoms with Gasteiger partial charge in [-0.25, -0.2) is 0 Å². The lowest BCUT2D eigenvalue weighted by molar-refractivity contribution is 0.133. The van der Waals surface area contributed by atoms with Crippen molar-refractivity contribution in [3.63, 3.8) is 0 Å². The van der Waals surface area contributed by atoms with Crippen LogP contribution in [0, 0.1) is 0 Å². The Bertz CT molecular complexity index is 232. The molecule has 15 heavy (non-hydrogen) atoms. The summed E-state index contributed by atoms with van der Waals surface area (Å²) in [5, 5.41) is 0. The van der Waals surface area contributed by atoms with Gasteiger partial charge in [0, 0.05) is 11.6 Å². The highest BCUT2D eigenvalue weighted by Gasteiger charge is 2.26. The van der Waals surface area contributed by atoms with Crippen molar-refractivity contribution in [1.82, 2.24) is 4.90 Å². The van der Waals surface area contributed by atoms with Gasteiger partial charge in [-0.15, -0.1) is 6.58 Å². The maximum Gasteiger partial charge on any atom is 0.0343 e. The van der Waals surface area contributed by atoms with Crippen LogP contribution in [0.5, 0.6) is 0 Å². The fourth-order valence-corrected chi connectivity index (χ4v) is 1.59. The second kappa shape index (κ2) is 5.50. The molecular formula is C14H27N. The van der Waals surface area contributed by atoms with E-state index in [1.165, 1.54) is 11.1 Å². The Morgan fingerprint density at radius 2 is 1.73 bits per heavy atom. The quantitative estimate of drug-likeness (QED) is 0.618. The second-order valence-corrected chi connectivity index (χ2v) is 5.47. The fraction of sp³-hybridized carbons (Fsp3) is 0.714. The lowest BCUT2D eigenvalue weighted by atomic mass is 9.94. The van der Waals surface area contributed by atoms with E-state index in [1.54, 1.807) is 0 Å². The van der Waals surface area contributed by atoms with Crippen LogP contribution in [0.1, 0.15) is 47.5 Å². The van der Waals surface area contributed by atoms with Crippen molar-refractivity contribution in [2.75, 3.05) is 7.05 Å². The van der Waals surface area contributed by atoms with E-state index in [-0.39, 0.29) is 5.54 Å². The zero-order valence-corrected chi connectivity index (χ0v) is 11.4. The summed E-state index contributed by atoms with van der Waals surface area (Å²) in [6.07, 6.45) is 2.05. The van der Waals surface area contributed by atoms with E-state index in [1.807, 2.05) is 0 Å². The number of likely N-dealkylation sites (N-methyl/N-ethyl adjacent to an activating group) is 1. The third-order valence-corrected chi connectivity index (χ3v) is 2.99. The molecule has 0 amide bonds. The maximum atomic E-state index is 4.18. The minimum Gasteiger partial charge on any atom is -0.295 e. The van der Waals surface area contributed by atoms with Crippen LogP contribution < -0.4 is 0 Å². The lowest BCUT2D eigenvalue weighted by Gasteiger charge is -2.40. The van der Waals surface area contributed by atoms with Gasteiger partial charge >= 0.3 is 0 Å². The molecule has 0 N–H and O–H groups in total. The van der Waals surface area contributed by atoms with Crippen LogP contribution in [0.2, 0.25) is 0 Å². The molecule has 1 nitrogen and oxygen atoms in total. The van der Waals surface area contributed by atoms with Gasteiger partial charge in [0.2, 0.25) is 0 Å². The molecule has 0 aromatic carbocycles. The molecule has 0 aromatic rings. The smallest absolute Gasteiger partial charge is 0.0343 e. The molecule has 0 fully saturated rings. The van der Waals surface area contributed by atoms with E-state index < -0.39 is 0 Å². The molecule has 1 heteroatoms. The highest BCUT2D eigenvalue weighted by molar-refractivity contribution is 5.11. The van der Waals surface area contributed by atoms with Crippen molar-refractivity contribution in [3.05, 3.63) is 24.3 Å². The molecule has 1 atom stereocenters. The van der Waals surface area contributed by atoms with Gasteiger partial charge in [-0.2, -0.15) is 0 Å². The summed E-state index contributed by atoms with van der Waals surface area (Å²) in [4.78, 5) is 2.40. The van der Waals surface area contributed by atoms with Crippen LogP contribution in [0.25, 0.3) is 0 Å². The summed E-state index contributed by atoms with van der Waals surface area (Å²) in [7, 11) is 2.18. The van der Waals surface area contributed by atoms with Gasteiger partial charge in [0.1, 0.15) is 0 Å². The molecule has 0 rings (SSSR count). The largest absolute Gasteiger partial charge is 0.295 e. The van der Waals surface area contributed by atoms with Crippen LogP contribution >= 0.6 is 0 Å².